The number of likely N-dealkylation sites (N-methyl/N-ethyl adjacent to an activating group) is 1. The molecule has 0 aromatic heterocycles. The van der Waals surface area contributed by atoms with Crippen LogP contribution in [-0.2, 0) is 22.6 Å². The van der Waals surface area contributed by atoms with Crippen LogP contribution >= 0.6 is 0 Å². The molecule has 1 N–H and O–H groups in total. The Labute approximate surface area is 161 Å². The predicted octanol–water partition coefficient (Wildman–Crippen LogP) is 3.18. The molecule has 0 aliphatic carbocycles. The van der Waals surface area contributed by atoms with Crippen LogP contribution in [0.15, 0.2) is 54.6 Å². The molecular formula is C22H28N2O3. The van der Waals surface area contributed by atoms with Gasteiger partial charge in [-0.25, -0.2) is 0 Å². The van der Waals surface area contributed by atoms with E-state index in [0.717, 1.165) is 12.0 Å². The molecule has 0 saturated carbocycles. The molecule has 2 aromatic carbocycles. The van der Waals surface area contributed by atoms with Crippen molar-refractivity contribution in [3.05, 3.63) is 65.7 Å². The molecule has 0 spiro atoms. The number of rotatable bonds is 9. The van der Waals surface area contributed by atoms with E-state index in [1.165, 1.54) is 5.56 Å². The molecule has 1 atom stereocenters. The van der Waals surface area contributed by atoms with Gasteiger partial charge >= 0.3 is 0 Å². The summed E-state index contributed by atoms with van der Waals surface area (Å²) in [5.41, 5.74) is 2.18. The zero-order valence-electron chi connectivity index (χ0n) is 16.3. The standard InChI is InChI=1S/C22H28N2O3/c1-4-18-11-13-20(14-12-18)27-16-21(25)24(17(3)22(26)23-5-2)15-19-9-7-6-8-10-19/h6-14,17H,4-5,15-16H2,1-3H3,(H,23,26). The number of nitrogens with zero attached hydrogens (tertiary/aromatic N) is 1. The van der Waals surface area contributed by atoms with Crippen molar-refractivity contribution in [2.75, 3.05) is 13.2 Å². The lowest BCUT2D eigenvalue weighted by Crippen LogP contribution is -2.49. The summed E-state index contributed by atoms with van der Waals surface area (Å²) in [6.45, 7) is 6.46. The summed E-state index contributed by atoms with van der Waals surface area (Å²) >= 11 is 0. The minimum Gasteiger partial charge on any atom is -0.484 e. The summed E-state index contributed by atoms with van der Waals surface area (Å²) in [5.74, 6) is 0.247. The lowest BCUT2D eigenvalue weighted by molar-refractivity contribution is -0.142. The maximum atomic E-state index is 12.8. The summed E-state index contributed by atoms with van der Waals surface area (Å²) in [7, 11) is 0. The van der Waals surface area contributed by atoms with Crippen LogP contribution < -0.4 is 10.1 Å². The van der Waals surface area contributed by atoms with Gasteiger partial charge in [-0.1, -0.05) is 49.4 Å². The first-order valence-electron chi connectivity index (χ1n) is 9.38. The minimum absolute atomic E-state index is 0.109. The van der Waals surface area contributed by atoms with Crippen LogP contribution in [-0.4, -0.2) is 35.9 Å². The molecule has 0 fully saturated rings. The van der Waals surface area contributed by atoms with E-state index in [-0.39, 0.29) is 18.4 Å². The maximum absolute atomic E-state index is 12.8. The Balaban J connectivity index is 2.07. The van der Waals surface area contributed by atoms with Crippen molar-refractivity contribution in [1.29, 1.82) is 0 Å². The van der Waals surface area contributed by atoms with E-state index in [1.54, 1.807) is 11.8 Å². The highest BCUT2D eigenvalue weighted by atomic mass is 16.5. The van der Waals surface area contributed by atoms with Crippen LogP contribution in [0.5, 0.6) is 5.75 Å². The van der Waals surface area contributed by atoms with Crippen LogP contribution in [0.2, 0.25) is 0 Å². The van der Waals surface area contributed by atoms with E-state index >= 15 is 0 Å². The Morgan fingerprint density at radius 3 is 2.26 bits per heavy atom. The first kappa shape index (κ1) is 20.5. The van der Waals surface area contributed by atoms with E-state index in [2.05, 4.69) is 12.2 Å². The van der Waals surface area contributed by atoms with Gasteiger partial charge < -0.3 is 15.0 Å². The Morgan fingerprint density at radius 2 is 1.67 bits per heavy atom. The van der Waals surface area contributed by atoms with Crippen molar-refractivity contribution in [3.63, 3.8) is 0 Å². The highest BCUT2D eigenvalue weighted by molar-refractivity contribution is 5.87. The summed E-state index contributed by atoms with van der Waals surface area (Å²) < 4.78 is 5.65. The van der Waals surface area contributed by atoms with Gasteiger partial charge in [0, 0.05) is 13.1 Å². The van der Waals surface area contributed by atoms with E-state index < -0.39 is 6.04 Å². The monoisotopic (exact) mass is 368 g/mol. The number of carbonyl (C=O) groups is 2. The number of amides is 2. The molecule has 27 heavy (non-hydrogen) atoms. The molecule has 2 rings (SSSR count). The van der Waals surface area contributed by atoms with Gasteiger partial charge in [-0.05, 0) is 43.5 Å². The molecule has 2 aromatic rings. The lowest BCUT2D eigenvalue weighted by atomic mass is 10.1. The normalized spacial score (nSPS) is 11.5. The molecule has 144 valence electrons. The third-order valence-corrected chi connectivity index (χ3v) is 4.41. The van der Waals surface area contributed by atoms with Gasteiger partial charge in [0.2, 0.25) is 5.91 Å². The molecular weight excluding hydrogens is 340 g/mol. The zero-order valence-corrected chi connectivity index (χ0v) is 16.3. The third-order valence-electron chi connectivity index (χ3n) is 4.41. The Hall–Kier alpha value is -2.82. The molecule has 0 heterocycles. The summed E-state index contributed by atoms with van der Waals surface area (Å²) in [4.78, 5) is 26.6. The highest BCUT2D eigenvalue weighted by Crippen LogP contribution is 2.14. The van der Waals surface area contributed by atoms with E-state index in [1.807, 2.05) is 61.5 Å². The van der Waals surface area contributed by atoms with Gasteiger partial charge in [0.15, 0.2) is 6.61 Å². The van der Waals surface area contributed by atoms with Crippen molar-refractivity contribution in [3.8, 4) is 5.75 Å². The molecule has 1 unspecified atom stereocenters. The maximum Gasteiger partial charge on any atom is 0.261 e. The smallest absolute Gasteiger partial charge is 0.261 e. The molecule has 5 nitrogen and oxygen atoms in total. The Bertz CT molecular complexity index is 729. The number of hydrogen-bond acceptors (Lipinski definition) is 3. The Kier molecular flexibility index (Phi) is 7.86. The third kappa shape index (κ3) is 6.13. The van der Waals surface area contributed by atoms with Gasteiger partial charge in [-0.2, -0.15) is 0 Å². The van der Waals surface area contributed by atoms with Crippen LogP contribution in [0, 0.1) is 0 Å². The van der Waals surface area contributed by atoms with E-state index in [0.29, 0.717) is 18.8 Å². The molecule has 0 aliphatic rings. The predicted molar refractivity (Wildman–Crippen MR) is 106 cm³/mol. The number of hydrogen-bond donors (Lipinski definition) is 1. The van der Waals surface area contributed by atoms with E-state index in [4.69, 9.17) is 4.74 Å². The number of carbonyl (C=O) groups excluding carboxylic acids is 2. The second-order valence-electron chi connectivity index (χ2n) is 6.36. The van der Waals surface area contributed by atoms with Gasteiger partial charge in [0.25, 0.3) is 5.91 Å². The second-order valence-corrected chi connectivity index (χ2v) is 6.36. The summed E-state index contributed by atoms with van der Waals surface area (Å²) in [6.07, 6.45) is 0.952. The first-order chi connectivity index (χ1) is 13.0. The SMILES string of the molecule is CCNC(=O)C(C)N(Cc1ccccc1)C(=O)COc1ccc(CC)cc1. The van der Waals surface area contributed by atoms with Gasteiger partial charge in [0.1, 0.15) is 11.8 Å². The van der Waals surface area contributed by atoms with Crippen molar-refractivity contribution in [1.82, 2.24) is 10.2 Å². The lowest BCUT2D eigenvalue weighted by Gasteiger charge is -2.28. The van der Waals surface area contributed by atoms with Crippen molar-refractivity contribution in [2.24, 2.45) is 0 Å². The average molecular weight is 368 g/mol. The second kappa shape index (κ2) is 10.4. The van der Waals surface area contributed by atoms with Gasteiger partial charge in [0.05, 0.1) is 0 Å². The van der Waals surface area contributed by atoms with Crippen molar-refractivity contribution >= 4 is 11.8 Å². The summed E-state index contributed by atoms with van der Waals surface area (Å²) in [6, 6.07) is 16.8. The number of benzene rings is 2. The van der Waals surface area contributed by atoms with Crippen molar-refractivity contribution in [2.45, 2.75) is 39.8 Å². The van der Waals surface area contributed by atoms with Crippen LogP contribution in [0.25, 0.3) is 0 Å². The largest absolute Gasteiger partial charge is 0.484 e. The average Bonchev–Trinajstić information content (AvgIpc) is 2.71. The molecule has 0 radical (unpaired) electrons. The fourth-order valence-corrected chi connectivity index (χ4v) is 2.73. The highest BCUT2D eigenvalue weighted by Gasteiger charge is 2.26. The molecule has 0 aliphatic heterocycles. The molecule has 0 bridgehead atoms. The first-order valence-corrected chi connectivity index (χ1v) is 9.38. The summed E-state index contributed by atoms with van der Waals surface area (Å²) in [5, 5.41) is 2.78. The van der Waals surface area contributed by atoms with Crippen molar-refractivity contribution < 1.29 is 14.3 Å². The van der Waals surface area contributed by atoms with Gasteiger partial charge in [-0.3, -0.25) is 9.59 Å². The van der Waals surface area contributed by atoms with Crippen LogP contribution in [0.4, 0.5) is 0 Å². The number of nitrogens with one attached hydrogen (secondary N) is 1. The van der Waals surface area contributed by atoms with E-state index in [9.17, 15) is 9.59 Å². The zero-order chi connectivity index (χ0) is 19.6. The Morgan fingerprint density at radius 1 is 1.00 bits per heavy atom. The molecule has 0 saturated heterocycles. The number of ether oxygens (including phenoxy) is 1. The van der Waals surface area contributed by atoms with Gasteiger partial charge in [-0.15, -0.1) is 0 Å². The van der Waals surface area contributed by atoms with Crippen LogP contribution in [0.3, 0.4) is 0 Å². The quantitative estimate of drug-likeness (QED) is 0.740. The molecule has 2 amide bonds. The fraction of sp³-hybridized carbons (Fsp3) is 0.364. The molecule has 5 heteroatoms. The fourth-order valence-electron chi connectivity index (χ4n) is 2.73. The number of aryl methyl sites for hydroxylation is 1. The minimum atomic E-state index is -0.580. The topological polar surface area (TPSA) is 58.6 Å². The van der Waals surface area contributed by atoms with Crippen LogP contribution in [0.1, 0.15) is 31.9 Å².